The first kappa shape index (κ1) is 23.6. The fourth-order valence-corrected chi connectivity index (χ4v) is 3.54. The highest BCUT2D eigenvalue weighted by Crippen LogP contribution is 2.38. The largest absolute Gasteiger partial charge is 0.505 e. The average Bonchev–Trinajstić information content (AvgIpc) is 3.41. The van der Waals surface area contributed by atoms with Crippen LogP contribution < -0.4 is 5.32 Å². The van der Waals surface area contributed by atoms with Crippen molar-refractivity contribution in [2.24, 2.45) is 0 Å². The summed E-state index contributed by atoms with van der Waals surface area (Å²) in [6.45, 7) is 0.158. The minimum atomic E-state index is -5.53. The van der Waals surface area contributed by atoms with Gasteiger partial charge in [0.15, 0.2) is 5.69 Å². The molecule has 16 heteroatoms. The molecule has 3 aromatic rings. The van der Waals surface area contributed by atoms with Crippen molar-refractivity contribution in [3.05, 3.63) is 53.2 Å². The molecule has 0 spiro atoms. The van der Waals surface area contributed by atoms with E-state index in [1.807, 2.05) is 0 Å². The van der Waals surface area contributed by atoms with Crippen LogP contribution in [0.15, 0.2) is 30.6 Å². The normalized spacial score (nSPS) is 16.6. The Hall–Kier alpha value is -3.59. The number of nitrogens with one attached hydrogen (secondary N) is 1. The SMILES string of the molecule is O=C(N[C@H]1CCn2nc(-c3ccnc(C(F)(F)F)c3)cc21)c1cnn(C(F)(F)F)c1C(F)(F)F. The molecule has 1 aliphatic heterocycles. The van der Waals surface area contributed by atoms with Gasteiger partial charge in [-0.1, -0.05) is 0 Å². The Morgan fingerprint density at radius 3 is 2.35 bits per heavy atom. The number of rotatable bonds is 3. The molecule has 0 radical (unpaired) electrons. The molecule has 3 aromatic heterocycles. The van der Waals surface area contributed by atoms with E-state index in [1.54, 1.807) is 0 Å². The molecule has 0 fully saturated rings. The number of alkyl halides is 9. The number of hydrogen-bond acceptors (Lipinski definition) is 4. The van der Waals surface area contributed by atoms with Crippen molar-refractivity contribution in [2.45, 2.75) is 37.7 Å². The molecule has 4 rings (SSSR count). The first-order valence-corrected chi connectivity index (χ1v) is 9.31. The fraction of sp³-hybridized carbons (Fsp3) is 0.333. The second kappa shape index (κ2) is 7.73. The number of halogens is 9. The van der Waals surface area contributed by atoms with Crippen LogP contribution in [0.3, 0.4) is 0 Å². The molecule has 0 unspecified atom stereocenters. The summed E-state index contributed by atoms with van der Waals surface area (Å²) in [6, 6.07) is 2.40. The van der Waals surface area contributed by atoms with Crippen molar-refractivity contribution in [1.82, 2.24) is 29.9 Å². The molecule has 1 atom stereocenters. The monoisotopic (exact) mass is 498 g/mol. The van der Waals surface area contributed by atoms with Gasteiger partial charge in [0, 0.05) is 18.3 Å². The minimum absolute atomic E-state index is 0.0557. The summed E-state index contributed by atoms with van der Waals surface area (Å²) >= 11 is 0. The molecule has 1 N–H and O–H groups in total. The van der Waals surface area contributed by atoms with Gasteiger partial charge in [-0.05, 0) is 24.6 Å². The van der Waals surface area contributed by atoms with E-state index in [0.717, 1.165) is 12.3 Å². The molecular weight excluding hydrogens is 487 g/mol. The Morgan fingerprint density at radius 2 is 1.74 bits per heavy atom. The maximum absolute atomic E-state index is 13.3. The Kier molecular flexibility index (Phi) is 5.36. The van der Waals surface area contributed by atoms with Gasteiger partial charge in [-0.2, -0.15) is 41.2 Å². The number of fused-ring (bicyclic) bond motifs is 1. The summed E-state index contributed by atoms with van der Waals surface area (Å²) in [5.41, 5.74) is -4.37. The molecule has 0 aromatic carbocycles. The number of carbonyl (C=O) groups excluding carboxylic acids is 1. The van der Waals surface area contributed by atoms with Crippen LogP contribution in [0, 0.1) is 0 Å². The van der Waals surface area contributed by atoms with E-state index in [2.05, 4.69) is 20.5 Å². The average molecular weight is 498 g/mol. The number of hydrogen-bond donors (Lipinski definition) is 1. The molecule has 0 saturated carbocycles. The van der Waals surface area contributed by atoms with Crippen LogP contribution in [0.1, 0.15) is 39.9 Å². The third kappa shape index (κ3) is 4.31. The van der Waals surface area contributed by atoms with E-state index in [1.165, 1.54) is 16.8 Å². The second-order valence-corrected chi connectivity index (χ2v) is 7.20. The summed E-state index contributed by atoms with van der Waals surface area (Å²) in [7, 11) is 0. The molecule has 182 valence electrons. The summed E-state index contributed by atoms with van der Waals surface area (Å²) < 4.78 is 117. The predicted molar refractivity (Wildman–Crippen MR) is 93.8 cm³/mol. The summed E-state index contributed by atoms with van der Waals surface area (Å²) in [4.78, 5) is 15.7. The number of carbonyl (C=O) groups is 1. The summed E-state index contributed by atoms with van der Waals surface area (Å²) in [5.74, 6) is -1.45. The zero-order chi connectivity index (χ0) is 25.1. The Balaban J connectivity index is 1.61. The van der Waals surface area contributed by atoms with E-state index < -0.39 is 52.2 Å². The van der Waals surface area contributed by atoms with Gasteiger partial charge >= 0.3 is 18.7 Å². The highest BCUT2D eigenvalue weighted by atomic mass is 19.4. The van der Waals surface area contributed by atoms with Gasteiger partial charge in [-0.3, -0.25) is 14.5 Å². The third-order valence-corrected chi connectivity index (χ3v) is 4.97. The number of nitrogens with zero attached hydrogens (tertiary/aromatic N) is 5. The van der Waals surface area contributed by atoms with E-state index in [9.17, 15) is 44.3 Å². The first-order chi connectivity index (χ1) is 15.7. The smallest absolute Gasteiger partial charge is 0.343 e. The van der Waals surface area contributed by atoms with Crippen molar-refractivity contribution in [3.63, 3.8) is 0 Å². The number of pyridine rings is 1. The van der Waals surface area contributed by atoms with Gasteiger partial charge < -0.3 is 5.32 Å². The fourth-order valence-electron chi connectivity index (χ4n) is 3.54. The van der Waals surface area contributed by atoms with E-state index in [-0.39, 0.29) is 36.1 Å². The molecule has 34 heavy (non-hydrogen) atoms. The van der Waals surface area contributed by atoms with Crippen LogP contribution in [-0.4, -0.2) is 30.5 Å². The van der Waals surface area contributed by atoms with Crippen molar-refractivity contribution in [1.29, 1.82) is 0 Å². The van der Waals surface area contributed by atoms with Gasteiger partial charge in [0.25, 0.3) is 5.91 Å². The van der Waals surface area contributed by atoms with Crippen molar-refractivity contribution in [3.8, 4) is 11.3 Å². The molecule has 4 heterocycles. The molecule has 1 aliphatic rings. The Morgan fingerprint density at radius 1 is 1.03 bits per heavy atom. The minimum Gasteiger partial charge on any atom is -0.343 e. The summed E-state index contributed by atoms with van der Waals surface area (Å²) in [5, 5.41) is 9.01. The molecule has 1 amide bonds. The van der Waals surface area contributed by atoms with Gasteiger partial charge in [-0.25, -0.2) is 0 Å². The van der Waals surface area contributed by atoms with Gasteiger partial charge in [0.2, 0.25) is 0 Å². The van der Waals surface area contributed by atoms with Crippen molar-refractivity contribution < 1.29 is 44.3 Å². The topological polar surface area (TPSA) is 77.6 Å². The Labute approximate surface area is 183 Å². The van der Waals surface area contributed by atoms with E-state index in [4.69, 9.17) is 0 Å². The van der Waals surface area contributed by atoms with Gasteiger partial charge in [0.1, 0.15) is 5.69 Å². The lowest BCUT2D eigenvalue weighted by Gasteiger charge is -2.16. The van der Waals surface area contributed by atoms with Crippen molar-refractivity contribution in [2.75, 3.05) is 0 Å². The Bertz CT molecular complexity index is 1240. The highest BCUT2D eigenvalue weighted by Gasteiger charge is 2.47. The zero-order valence-electron chi connectivity index (χ0n) is 16.4. The van der Waals surface area contributed by atoms with Crippen LogP contribution >= 0.6 is 0 Å². The zero-order valence-corrected chi connectivity index (χ0v) is 16.4. The third-order valence-electron chi connectivity index (χ3n) is 4.97. The van der Waals surface area contributed by atoms with Gasteiger partial charge in [-0.15, -0.1) is 13.2 Å². The van der Waals surface area contributed by atoms with Gasteiger partial charge in [0.05, 0.1) is 29.2 Å². The van der Waals surface area contributed by atoms with E-state index in [0.29, 0.717) is 0 Å². The number of aryl methyl sites for hydroxylation is 1. The van der Waals surface area contributed by atoms with Crippen molar-refractivity contribution >= 4 is 5.91 Å². The standard InChI is InChI=1S/C18H11F9N6O/c19-16(20,21)13-5-8(1-3-28-13)11-6-12-10(2-4-32(12)31-11)30-15(34)9-7-29-33(18(25,26)27)14(9)17(22,23)24/h1,3,5-7,10H,2,4H2,(H,30,34)/t10-/m0/s1. The lowest BCUT2D eigenvalue weighted by atomic mass is 10.1. The predicted octanol–water partition coefficient (Wildman–Crippen LogP) is 4.53. The molecule has 7 nitrogen and oxygen atoms in total. The maximum atomic E-state index is 13.3. The van der Waals surface area contributed by atoms with Crippen LogP contribution in [0.4, 0.5) is 39.5 Å². The number of amides is 1. The summed E-state index contributed by atoms with van der Waals surface area (Å²) in [6.07, 6.45) is -14.5. The maximum Gasteiger partial charge on any atom is 0.505 e. The molecule has 0 saturated heterocycles. The quantitative estimate of drug-likeness (QED) is 0.539. The lowest BCUT2D eigenvalue weighted by Crippen LogP contribution is -2.31. The van der Waals surface area contributed by atoms with Crippen LogP contribution in [-0.2, 0) is 25.2 Å². The van der Waals surface area contributed by atoms with Crippen LogP contribution in [0.5, 0.6) is 0 Å². The molecular formula is C18H11F9N6O. The van der Waals surface area contributed by atoms with Crippen LogP contribution in [0.2, 0.25) is 0 Å². The van der Waals surface area contributed by atoms with E-state index >= 15 is 0 Å². The molecule has 0 bridgehead atoms. The highest BCUT2D eigenvalue weighted by molar-refractivity contribution is 5.95. The lowest BCUT2D eigenvalue weighted by molar-refractivity contribution is -0.229. The van der Waals surface area contributed by atoms with Crippen LogP contribution in [0.25, 0.3) is 11.3 Å². The first-order valence-electron chi connectivity index (χ1n) is 9.31. The second-order valence-electron chi connectivity index (χ2n) is 7.20. The number of aromatic nitrogens is 5. The molecule has 0 aliphatic carbocycles.